The minimum atomic E-state index is -0.984. The van der Waals surface area contributed by atoms with Crippen LogP contribution in [0.15, 0.2) is 0 Å². The van der Waals surface area contributed by atoms with Gasteiger partial charge in [-0.2, -0.15) is 0 Å². The second-order valence-corrected chi connectivity index (χ2v) is 8.51. The van der Waals surface area contributed by atoms with Crippen LogP contribution >= 0.6 is 0 Å². The van der Waals surface area contributed by atoms with Gasteiger partial charge in [0.25, 0.3) is 0 Å². The monoisotopic (exact) mass is 252 g/mol. The lowest BCUT2D eigenvalue weighted by molar-refractivity contribution is -0.165. The molecule has 2 N–H and O–H groups in total. The molecule has 4 fully saturated rings. The molecule has 4 bridgehead atoms. The van der Waals surface area contributed by atoms with E-state index in [4.69, 9.17) is 0 Å². The minimum Gasteiger partial charge on any atom is -0.481 e. The minimum absolute atomic E-state index is 0.0891. The Bertz CT molecular complexity index is 396. The second kappa shape index (κ2) is 3.12. The van der Waals surface area contributed by atoms with Crippen LogP contribution in [-0.2, 0) is 4.79 Å². The molecule has 0 spiro atoms. The maximum atomic E-state index is 11.6. The molecule has 3 nitrogen and oxygen atoms in total. The van der Waals surface area contributed by atoms with E-state index in [2.05, 4.69) is 20.8 Å². The molecule has 4 rings (SSSR count). The fraction of sp³-hybridized carbons (Fsp3) is 0.933. The van der Waals surface area contributed by atoms with Crippen LogP contribution in [0.1, 0.15) is 59.3 Å². The van der Waals surface area contributed by atoms with Crippen molar-refractivity contribution in [3.63, 3.8) is 0 Å². The third-order valence-corrected chi connectivity index (χ3v) is 5.67. The lowest BCUT2D eigenvalue weighted by atomic mass is 9.49. The number of rotatable bonds is 1. The molecular formula is C15H24O3. The molecule has 0 aromatic carbocycles. The zero-order valence-corrected chi connectivity index (χ0v) is 11.6. The zero-order valence-electron chi connectivity index (χ0n) is 11.6. The lowest BCUT2D eigenvalue weighted by Gasteiger charge is -2.57. The van der Waals surface area contributed by atoms with Crippen LogP contribution in [0.25, 0.3) is 0 Å². The summed E-state index contributed by atoms with van der Waals surface area (Å²) in [6.07, 6.45) is 5.27. The maximum Gasteiger partial charge on any atom is 0.309 e. The van der Waals surface area contributed by atoms with Gasteiger partial charge in [0.15, 0.2) is 0 Å². The summed E-state index contributed by atoms with van der Waals surface area (Å²) in [6, 6.07) is 0. The molecule has 18 heavy (non-hydrogen) atoms. The fourth-order valence-corrected chi connectivity index (χ4v) is 6.46. The van der Waals surface area contributed by atoms with Crippen molar-refractivity contribution in [3.05, 3.63) is 0 Å². The summed E-state index contributed by atoms with van der Waals surface area (Å²) < 4.78 is 0. The molecule has 4 aliphatic rings. The predicted octanol–water partition coefficient (Wildman–Crippen LogP) is 2.82. The largest absolute Gasteiger partial charge is 0.481 e. The first-order valence-electron chi connectivity index (χ1n) is 7.03. The van der Waals surface area contributed by atoms with E-state index in [0.717, 1.165) is 19.3 Å². The Morgan fingerprint density at radius 1 is 0.944 bits per heavy atom. The van der Waals surface area contributed by atoms with E-state index in [1.807, 2.05) is 0 Å². The van der Waals surface area contributed by atoms with Crippen molar-refractivity contribution in [3.8, 4) is 0 Å². The van der Waals surface area contributed by atoms with Crippen molar-refractivity contribution in [2.45, 2.75) is 64.9 Å². The van der Waals surface area contributed by atoms with Crippen LogP contribution in [0, 0.1) is 22.2 Å². The van der Waals surface area contributed by atoms with Crippen LogP contribution < -0.4 is 0 Å². The van der Waals surface area contributed by atoms with Crippen molar-refractivity contribution in [2.75, 3.05) is 0 Å². The number of aliphatic carboxylic acids is 1. The maximum absolute atomic E-state index is 11.6. The Labute approximate surface area is 109 Å². The van der Waals surface area contributed by atoms with E-state index < -0.39 is 17.5 Å². The van der Waals surface area contributed by atoms with Gasteiger partial charge in [0.1, 0.15) is 0 Å². The van der Waals surface area contributed by atoms with Gasteiger partial charge in [-0.15, -0.1) is 0 Å². The van der Waals surface area contributed by atoms with Crippen molar-refractivity contribution >= 4 is 5.97 Å². The number of carboxylic acids is 1. The highest BCUT2D eigenvalue weighted by Gasteiger charge is 2.64. The van der Waals surface area contributed by atoms with E-state index in [9.17, 15) is 15.0 Å². The summed E-state index contributed by atoms with van der Waals surface area (Å²) >= 11 is 0. The van der Waals surface area contributed by atoms with Crippen LogP contribution in [0.3, 0.4) is 0 Å². The standard InChI is InChI=1S/C15H24O3/c1-12-4-10(11(16)17)15(18)8-13(2,5-12)7-14(3,6-12)9-15/h10,18H,4-9H2,1-3H3,(H,16,17)/t10-,12?,13-,14+,15?/m1/s1. The van der Waals surface area contributed by atoms with Crippen LogP contribution in [-0.4, -0.2) is 21.8 Å². The molecule has 3 heteroatoms. The average Bonchev–Trinajstić information content (AvgIpc) is 2.16. The summed E-state index contributed by atoms with van der Waals surface area (Å²) in [5.41, 5.74) is -0.647. The first-order valence-corrected chi connectivity index (χ1v) is 7.03. The molecule has 0 radical (unpaired) electrons. The highest BCUT2D eigenvalue weighted by atomic mass is 16.4. The quantitative estimate of drug-likeness (QED) is 0.754. The van der Waals surface area contributed by atoms with E-state index in [1.54, 1.807) is 0 Å². The summed E-state index contributed by atoms with van der Waals surface area (Å²) in [4.78, 5) is 11.6. The number of hydrogen-bond acceptors (Lipinski definition) is 2. The van der Waals surface area contributed by atoms with E-state index >= 15 is 0 Å². The van der Waals surface area contributed by atoms with Gasteiger partial charge >= 0.3 is 5.97 Å². The number of fused-ring (bicyclic) bond motifs is 1. The van der Waals surface area contributed by atoms with Gasteiger partial charge in [0.2, 0.25) is 0 Å². The van der Waals surface area contributed by atoms with Crippen molar-refractivity contribution < 1.29 is 15.0 Å². The predicted molar refractivity (Wildman–Crippen MR) is 68.1 cm³/mol. The topological polar surface area (TPSA) is 57.5 Å². The van der Waals surface area contributed by atoms with Crippen molar-refractivity contribution in [2.24, 2.45) is 22.2 Å². The van der Waals surface area contributed by atoms with Crippen molar-refractivity contribution in [1.29, 1.82) is 0 Å². The SMILES string of the molecule is CC12C[C@H](C(=O)O)C3(O)C[C@](C)(C1)C[C@](C)(C2)C3. The molecule has 2 unspecified atom stereocenters. The van der Waals surface area contributed by atoms with Crippen LogP contribution in [0.4, 0.5) is 0 Å². The summed E-state index contributed by atoms with van der Waals surface area (Å²) in [5, 5.41) is 20.5. The summed E-state index contributed by atoms with van der Waals surface area (Å²) in [5.74, 6) is -1.38. The molecule has 0 aromatic heterocycles. The molecule has 4 saturated carbocycles. The normalized spacial score (nSPS) is 58.6. The highest BCUT2D eigenvalue weighted by Crippen LogP contribution is 2.69. The van der Waals surface area contributed by atoms with E-state index in [1.165, 1.54) is 0 Å². The van der Waals surface area contributed by atoms with Gasteiger partial charge in [0.05, 0.1) is 11.5 Å². The molecule has 5 atom stereocenters. The third kappa shape index (κ3) is 1.63. The first-order chi connectivity index (χ1) is 8.07. The Kier molecular flexibility index (Phi) is 2.16. The molecule has 0 heterocycles. The van der Waals surface area contributed by atoms with Gasteiger partial charge in [-0.1, -0.05) is 20.8 Å². The zero-order chi connectivity index (χ0) is 13.4. The van der Waals surface area contributed by atoms with Crippen LogP contribution in [0.5, 0.6) is 0 Å². The van der Waals surface area contributed by atoms with Crippen molar-refractivity contribution in [1.82, 2.24) is 0 Å². The molecule has 0 amide bonds. The molecule has 102 valence electrons. The third-order valence-electron chi connectivity index (χ3n) is 5.67. The lowest BCUT2D eigenvalue weighted by Crippen LogP contribution is -2.53. The van der Waals surface area contributed by atoms with Gasteiger partial charge < -0.3 is 10.2 Å². The van der Waals surface area contributed by atoms with Gasteiger partial charge in [-0.3, -0.25) is 4.79 Å². The number of aliphatic hydroxyl groups is 1. The number of carboxylic acid groups (broad SMARTS) is 1. The van der Waals surface area contributed by atoms with E-state index in [0.29, 0.717) is 19.3 Å². The fourth-order valence-electron chi connectivity index (χ4n) is 6.46. The molecule has 0 aliphatic heterocycles. The highest BCUT2D eigenvalue weighted by molar-refractivity contribution is 5.72. The van der Waals surface area contributed by atoms with E-state index in [-0.39, 0.29) is 16.2 Å². The molecule has 0 saturated heterocycles. The first kappa shape index (κ1) is 12.5. The number of hydrogen-bond donors (Lipinski definition) is 2. The van der Waals surface area contributed by atoms with Gasteiger partial charge in [0, 0.05) is 0 Å². The average molecular weight is 252 g/mol. The Morgan fingerprint density at radius 3 is 1.83 bits per heavy atom. The van der Waals surface area contributed by atoms with Gasteiger partial charge in [-0.05, 0) is 54.8 Å². The Morgan fingerprint density at radius 2 is 1.39 bits per heavy atom. The molecular weight excluding hydrogens is 228 g/mol. The summed E-state index contributed by atoms with van der Waals surface area (Å²) in [7, 11) is 0. The Balaban J connectivity index is 2.13. The second-order valence-electron chi connectivity index (χ2n) is 8.51. The van der Waals surface area contributed by atoms with Gasteiger partial charge in [-0.25, -0.2) is 0 Å². The number of carbonyl (C=O) groups is 1. The molecule has 0 aromatic rings. The molecule has 4 aliphatic carbocycles. The summed E-state index contributed by atoms with van der Waals surface area (Å²) in [6.45, 7) is 6.73. The smallest absolute Gasteiger partial charge is 0.309 e. The van der Waals surface area contributed by atoms with Crippen LogP contribution in [0.2, 0.25) is 0 Å². The Hall–Kier alpha value is -0.570.